The molecule has 0 spiro atoms. The van der Waals surface area contributed by atoms with Gasteiger partial charge in [0.05, 0.1) is 17.4 Å². The first-order valence-electron chi connectivity index (χ1n) is 12.4. The van der Waals surface area contributed by atoms with E-state index in [2.05, 4.69) is 31.7 Å². The van der Waals surface area contributed by atoms with E-state index in [0.717, 1.165) is 56.6 Å². The minimum atomic E-state index is -0.172. The lowest BCUT2D eigenvalue weighted by molar-refractivity contribution is 0.0783. The number of rotatable bonds is 5. The summed E-state index contributed by atoms with van der Waals surface area (Å²) < 4.78 is 13.3. The Labute approximate surface area is 208 Å². The van der Waals surface area contributed by atoms with Crippen LogP contribution in [0.2, 0.25) is 0 Å². The van der Waals surface area contributed by atoms with Crippen LogP contribution in [0.1, 0.15) is 46.2 Å². The molecule has 2 saturated heterocycles. The van der Waals surface area contributed by atoms with Crippen molar-refractivity contribution in [3.05, 3.63) is 88.1 Å². The molecule has 2 aliphatic rings. The number of H-pyrrole nitrogens is 1. The molecule has 1 N–H and O–H groups in total. The third-order valence-corrected chi connectivity index (χ3v) is 8.50. The topological polar surface area (TPSA) is 52.2 Å². The molecule has 180 valence electrons. The number of fused-ring (bicyclic) bond motifs is 1. The molecule has 2 atom stereocenters. The van der Waals surface area contributed by atoms with Crippen molar-refractivity contribution in [1.29, 1.82) is 0 Å². The summed E-state index contributed by atoms with van der Waals surface area (Å²) in [5.74, 6) is 1.14. The first-order chi connectivity index (χ1) is 17.2. The van der Waals surface area contributed by atoms with Crippen molar-refractivity contribution in [2.24, 2.45) is 5.92 Å². The molecule has 2 fully saturated rings. The van der Waals surface area contributed by atoms with Crippen LogP contribution in [0.25, 0.3) is 11.0 Å². The Bertz CT molecular complexity index is 1290. The zero-order valence-electron chi connectivity index (χ0n) is 19.6. The molecule has 5 nitrogen and oxygen atoms in total. The highest BCUT2D eigenvalue weighted by atomic mass is 32.1. The van der Waals surface area contributed by atoms with Crippen LogP contribution in [0.3, 0.4) is 0 Å². The molecule has 0 aliphatic carbocycles. The van der Waals surface area contributed by atoms with Crippen molar-refractivity contribution in [3.63, 3.8) is 0 Å². The fourth-order valence-corrected chi connectivity index (χ4v) is 6.63. The van der Waals surface area contributed by atoms with Crippen LogP contribution in [0, 0.1) is 11.7 Å². The molecule has 7 heteroatoms. The third-order valence-electron chi connectivity index (χ3n) is 7.80. The monoisotopic (exact) mass is 488 g/mol. The van der Waals surface area contributed by atoms with Gasteiger partial charge in [-0.3, -0.25) is 4.79 Å². The summed E-state index contributed by atoms with van der Waals surface area (Å²) in [6.45, 7) is 4.57. The van der Waals surface area contributed by atoms with Gasteiger partial charge in [0.1, 0.15) is 11.3 Å². The second-order valence-electron chi connectivity index (χ2n) is 9.86. The second kappa shape index (κ2) is 9.55. The molecule has 2 aromatic heterocycles. The predicted molar refractivity (Wildman–Crippen MR) is 137 cm³/mol. The van der Waals surface area contributed by atoms with Crippen LogP contribution in [-0.4, -0.2) is 58.4 Å². The Hall–Kier alpha value is -3.03. The van der Waals surface area contributed by atoms with E-state index in [1.807, 2.05) is 35.2 Å². The Kier molecular flexibility index (Phi) is 6.12. The van der Waals surface area contributed by atoms with Gasteiger partial charge in [0.25, 0.3) is 5.91 Å². The van der Waals surface area contributed by atoms with E-state index in [1.54, 1.807) is 29.8 Å². The first kappa shape index (κ1) is 22.4. The van der Waals surface area contributed by atoms with Crippen LogP contribution in [-0.2, 0) is 0 Å². The molecule has 6 rings (SSSR count). The average Bonchev–Trinajstić information content (AvgIpc) is 3.65. The van der Waals surface area contributed by atoms with Gasteiger partial charge < -0.3 is 14.8 Å². The molecule has 4 heterocycles. The van der Waals surface area contributed by atoms with Crippen LogP contribution in [0.4, 0.5) is 4.39 Å². The summed E-state index contributed by atoms with van der Waals surface area (Å²) in [5.41, 5.74) is 4.90. The molecule has 35 heavy (non-hydrogen) atoms. The van der Waals surface area contributed by atoms with Gasteiger partial charge in [-0.25, -0.2) is 9.37 Å². The Morgan fingerprint density at radius 1 is 1.06 bits per heavy atom. The lowest BCUT2D eigenvalue weighted by atomic mass is 9.87. The summed E-state index contributed by atoms with van der Waals surface area (Å²) in [6, 6.07) is 15.0. The number of thiophene rings is 1. The van der Waals surface area contributed by atoms with Crippen LogP contribution >= 0.6 is 11.3 Å². The van der Waals surface area contributed by atoms with Crippen molar-refractivity contribution in [3.8, 4) is 0 Å². The standard InChI is InChI=1S/C28H29FN4OS/c29-23-6-4-19(5-7-23)20-8-11-32(12-9-20)14-22-15-33(16-25(22)21-10-13-35-17-21)28(34)24-2-1-3-26-27(24)31-18-30-26/h1-7,10,13,17-18,20,22,25H,8-9,11-12,14-16H2,(H,30,31). The van der Waals surface area contributed by atoms with Crippen molar-refractivity contribution in [2.75, 3.05) is 32.7 Å². The molecule has 0 radical (unpaired) electrons. The van der Waals surface area contributed by atoms with Gasteiger partial charge in [-0.1, -0.05) is 18.2 Å². The van der Waals surface area contributed by atoms with E-state index in [1.165, 1.54) is 11.1 Å². The zero-order valence-corrected chi connectivity index (χ0v) is 20.4. The summed E-state index contributed by atoms with van der Waals surface area (Å²) in [7, 11) is 0. The van der Waals surface area contributed by atoms with Gasteiger partial charge in [0.15, 0.2) is 0 Å². The fourth-order valence-electron chi connectivity index (χ4n) is 5.91. The van der Waals surface area contributed by atoms with Crippen molar-refractivity contribution >= 4 is 28.3 Å². The average molecular weight is 489 g/mol. The number of para-hydroxylation sites is 1. The summed E-state index contributed by atoms with van der Waals surface area (Å²) in [4.78, 5) is 25.7. The Morgan fingerprint density at radius 3 is 2.66 bits per heavy atom. The van der Waals surface area contributed by atoms with E-state index in [0.29, 0.717) is 23.3 Å². The molecular formula is C28H29FN4OS. The number of hydrogen-bond acceptors (Lipinski definition) is 4. The smallest absolute Gasteiger partial charge is 0.256 e. The van der Waals surface area contributed by atoms with E-state index >= 15 is 0 Å². The quantitative estimate of drug-likeness (QED) is 0.404. The molecule has 2 aliphatic heterocycles. The number of nitrogens with zero attached hydrogens (tertiary/aromatic N) is 3. The molecule has 0 saturated carbocycles. The number of carbonyl (C=O) groups excluding carboxylic acids is 1. The van der Waals surface area contributed by atoms with Crippen LogP contribution in [0.15, 0.2) is 65.6 Å². The summed E-state index contributed by atoms with van der Waals surface area (Å²) >= 11 is 1.72. The molecular weight excluding hydrogens is 459 g/mol. The Balaban J connectivity index is 1.16. The van der Waals surface area contributed by atoms with Crippen LogP contribution < -0.4 is 0 Å². The maximum absolute atomic E-state index is 13.6. The number of amides is 1. The number of nitrogens with one attached hydrogen (secondary N) is 1. The number of aromatic nitrogens is 2. The SMILES string of the molecule is O=C(c1cccc2[nH]cnc12)N1CC(CN2CCC(c3ccc(F)cc3)CC2)C(c2ccsc2)C1. The first-order valence-corrected chi connectivity index (χ1v) is 13.3. The normalized spacial score (nSPS) is 21.7. The molecule has 2 unspecified atom stereocenters. The van der Waals surface area contributed by atoms with Gasteiger partial charge in [0, 0.05) is 25.6 Å². The highest BCUT2D eigenvalue weighted by molar-refractivity contribution is 7.08. The van der Waals surface area contributed by atoms with Crippen molar-refractivity contribution in [2.45, 2.75) is 24.7 Å². The number of aromatic amines is 1. The predicted octanol–water partition coefficient (Wildman–Crippen LogP) is 5.50. The maximum Gasteiger partial charge on any atom is 0.256 e. The van der Waals surface area contributed by atoms with Crippen molar-refractivity contribution in [1.82, 2.24) is 19.8 Å². The number of likely N-dealkylation sites (tertiary alicyclic amines) is 2. The minimum Gasteiger partial charge on any atom is -0.345 e. The third kappa shape index (κ3) is 4.50. The highest BCUT2D eigenvalue weighted by Gasteiger charge is 2.38. The highest BCUT2D eigenvalue weighted by Crippen LogP contribution is 2.37. The number of imidazole rings is 1. The van der Waals surface area contributed by atoms with Gasteiger partial charge >= 0.3 is 0 Å². The van der Waals surface area contributed by atoms with Gasteiger partial charge in [-0.15, -0.1) is 0 Å². The molecule has 1 amide bonds. The van der Waals surface area contributed by atoms with E-state index < -0.39 is 0 Å². The lowest BCUT2D eigenvalue weighted by Gasteiger charge is -2.34. The number of halogens is 1. The minimum absolute atomic E-state index is 0.0699. The Morgan fingerprint density at radius 2 is 1.89 bits per heavy atom. The summed E-state index contributed by atoms with van der Waals surface area (Å²) in [5, 5.41) is 4.37. The molecule has 2 aromatic carbocycles. The second-order valence-corrected chi connectivity index (χ2v) is 10.6. The number of benzene rings is 2. The van der Waals surface area contributed by atoms with E-state index in [4.69, 9.17) is 0 Å². The van der Waals surface area contributed by atoms with Gasteiger partial charge in [0.2, 0.25) is 0 Å². The van der Waals surface area contributed by atoms with Crippen molar-refractivity contribution < 1.29 is 9.18 Å². The van der Waals surface area contributed by atoms with E-state index in [9.17, 15) is 9.18 Å². The number of piperidine rings is 1. The zero-order chi connectivity index (χ0) is 23.8. The van der Waals surface area contributed by atoms with Gasteiger partial charge in [-0.2, -0.15) is 11.3 Å². The number of carbonyl (C=O) groups is 1. The van der Waals surface area contributed by atoms with E-state index in [-0.39, 0.29) is 11.7 Å². The summed E-state index contributed by atoms with van der Waals surface area (Å²) in [6.07, 6.45) is 3.83. The van der Waals surface area contributed by atoms with Crippen LogP contribution in [0.5, 0.6) is 0 Å². The largest absolute Gasteiger partial charge is 0.345 e. The lowest BCUT2D eigenvalue weighted by Crippen LogP contribution is -2.38. The molecule has 0 bridgehead atoms. The molecule has 4 aromatic rings. The fraction of sp³-hybridized carbons (Fsp3) is 0.357. The number of hydrogen-bond donors (Lipinski definition) is 1. The maximum atomic E-state index is 13.6. The van der Waals surface area contributed by atoms with Gasteiger partial charge in [-0.05, 0) is 90.0 Å².